The molecule has 48 heavy (non-hydrogen) atoms. The third-order valence-electron chi connectivity index (χ3n) is 8.14. The second-order valence-electron chi connectivity index (χ2n) is 11.8. The number of ether oxygens (including phenoxy) is 2. The average Bonchev–Trinajstić information content (AvgIpc) is 3.69. The van der Waals surface area contributed by atoms with Gasteiger partial charge in [0.25, 0.3) is 5.91 Å². The zero-order valence-electron chi connectivity index (χ0n) is 27.1. The van der Waals surface area contributed by atoms with Gasteiger partial charge in [-0.1, -0.05) is 48.5 Å². The molecule has 1 aliphatic heterocycles. The number of benzene rings is 2. The normalized spacial score (nSPS) is 13.7. The summed E-state index contributed by atoms with van der Waals surface area (Å²) in [6, 6.07) is 11.1. The molecule has 3 aromatic heterocycles. The molecule has 15 nitrogen and oxygen atoms in total. The van der Waals surface area contributed by atoms with E-state index in [-0.39, 0.29) is 52.2 Å². The van der Waals surface area contributed by atoms with Crippen molar-refractivity contribution in [2.75, 3.05) is 32.8 Å². The van der Waals surface area contributed by atoms with E-state index in [0.29, 0.717) is 17.7 Å². The van der Waals surface area contributed by atoms with Crippen molar-refractivity contribution >= 4 is 17.5 Å². The van der Waals surface area contributed by atoms with Crippen molar-refractivity contribution in [2.24, 2.45) is 7.05 Å². The van der Waals surface area contributed by atoms with Gasteiger partial charge >= 0.3 is 11.7 Å². The van der Waals surface area contributed by atoms with Crippen LogP contribution in [0.15, 0.2) is 52.0 Å². The summed E-state index contributed by atoms with van der Waals surface area (Å²) in [5.41, 5.74) is 2.57. The fraction of sp³-hybridized carbons (Fsp3) is 0.364. The maximum atomic E-state index is 13.5. The Hall–Kier alpha value is -5.41. The van der Waals surface area contributed by atoms with E-state index in [9.17, 15) is 19.5 Å². The molecule has 2 N–H and O–H groups in total. The van der Waals surface area contributed by atoms with Crippen molar-refractivity contribution in [3.05, 3.63) is 86.9 Å². The SMILES string of the molecule is CCNC(=O)c1noc(-c2cc(C(C)C)c(O)cc2OC(=O)c2ncn3c(=O)n(C)nnc23)c1Cc1ccc(CN2CCOCC2)cc1. The van der Waals surface area contributed by atoms with E-state index in [1.807, 2.05) is 26.0 Å². The second kappa shape index (κ2) is 13.8. The Kier molecular flexibility index (Phi) is 9.32. The van der Waals surface area contributed by atoms with Crippen LogP contribution in [-0.2, 0) is 24.8 Å². The Labute approximate surface area is 275 Å². The Morgan fingerprint density at radius 2 is 1.81 bits per heavy atom. The lowest BCUT2D eigenvalue weighted by molar-refractivity contribution is 0.0342. The van der Waals surface area contributed by atoms with Gasteiger partial charge in [-0.05, 0) is 35.6 Å². The number of carbonyl (C=O) groups is 2. The average molecular weight is 657 g/mol. The van der Waals surface area contributed by atoms with Crippen LogP contribution in [0.25, 0.3) is 17.0 Å². The van der Waals surface area contributed by atoms with Gasteiger partial charge < -0.3 is 24.4 Å². The van der Waals surface area contributed by atoms with Crippen molar-refractivity contribution < 1.29 is 28.7 Å². The summed E-state index contributed by atoms with van der Waals surface area (Å²) in [5.74, 6) is -1.47. The van der Waals surface area contributed by atoms with Crippen molar-refractivity contribution in [1.82, 2.24) is 39.8 Å². The Balaban J connectivity index is 1.39. The molecule has 2 aromatic carbocycles. The summed E-state index contributed by atoms with van der Waals surface area (Å²) in [4.78, 5) is 45.5. The van der Waals surface area contributed by atoms with E-state index >= 15 is 0 Å². The molecule has 15 heteroatoms. The third-order valence-corrected chi connectivity index (χ3v) is 8.14. The van der Waals surface area contributed by atoms with Crippen molar-refractivity contribution in [3.8, 4) is 22.8 Å². The van der Waals surface area contributed by atoms with E-state index < -0.39 is 17.6 Å². The van der Waals surface area contributed by atoms with Crippen LogP contribution < -0.4 is 15.7 Å². The number of morpholine rings is 1. The minimum atomic E-state index is -0.945. The predicted molar refractivity (Wildman–Crippen MR) is 172 cm³/mol. The molecular formula is C33H36N8O7. The standard InChI is InChI=1S/C33H36N8O7/c1-5-34-31(43)27-24(14-20-6-8-21(9-7-20)17-40-10-12-46-13-11-40)29(48-37-27)23-15-22(19(2)3)25(42)16-26(23)47-32(44)28-30-36-38-39(4)33(45)41(30)18-35-28/h6-9,15-16,18-19,42H,5,10-14,17H2,1-4H3,(H,34,43). The van der Waals surface area contributed by atoms with Crippen molar-refractivity contribution in [1.29, 1.82) is 0 Å². The first-order chi connectivity index (χ1) is 23.1. The number of esters is 1. The number of aromatic nitrogens is 6. The summed E-state index contributed by atoms with van der Waals surface area (Å²) < 4.78 is 19.2. The molecule has 5 aromatic rings. The van der Waals surface area contributed by atoms with Gasteiger partial charge in [-0.2, -0.15) is 4.68 Å². The van der Waals surface area contributed by atoms with Crippen LogP contribution >= 0.6 is 0 Å². The monoisotopic (exact) mass is 656 g/mol. The van der Waals surface area contributed by atoms with E-state index in [0.717, 1.165) is 59.4 Å². The van der Waals surface area contributed by atoms with E-state index in [2.05, 4.69) is 42.8 Å². The number of aryl methyl sites for hydroxylation is 1. The highest BCUT2D eigenvalue weighted by atomic mass is 16.5. The fourth-order valence-corrected chi connectivity index (χ4v) is 5.58. The van der Waals surface area contributed by atoms with Crippen LogP contribution in [0.4, 0.5) is 0 Å². The quantitative estimate of drug-likeness (QED) is 0.166. The van der Waals surface area contributed by atoms with Crippen molar-refractivity contribution in [2.45, 2.75) is 39.7 Å². The molecule has 0 atom stereocenters. The van der Waals surface area contributed by atoms with Crippen LogP contribution in [0.3, 0.4) is 0 Å². The smallest absolute Gasteiger partial charge is 0.366 e. The van der Waals surface area contributed by atoms with Gasteiger partial charge in [0, 0.05) is 51.3 Å². The van der Waals surface area contributed by atoms with Gasteiger partial charge in [0.15, 0.2) is 22.8 Å². The molecule has 0 aliphatic carbocycles. The third kappa shape index (κ3) is 6.55. The highest BCUT2D eigenvalue weighted by Gasteiger charge is 2.29. The Morgan fingerprint density at radius 3 is 2.52 bits per heavy atom. The first-order valence-corrected chi connectivity index (χ1v) is 15.7. The molecule has 1 aliphatic rings. The molecule has 1 saturated heterocycles. The molecule has 0 radical (unpaired) electrons. The van der Waals surface area contributed by atoms with Gasteiger partial charge in [0.2, 0.25) is 0 Å². The number of hydrogen-bond donors (Lipinski definition) is 2. The molecule has 1 fully saturated rings. The molecular weight excluding hydrogens is 620 g/mol. The number of nitrogens with zero attached hydrogens (tertiary/aromatic N) is 7. The minimum Gasteiger partial charge on any atom is -0.508 e. The van der Waals surface area contributed by atoms with Crippen LogP contribution in [0.5, 0.6) is 11.5 Å². The highest BCUT2D eigenvalue weighted by Crippen LogP contribution is 2.41. The molecule has 0 saturated carbocycles. The summed E-state index contributed by atoms with van der Waals surface area (Å²) in [5, 5.41) is 25.5. The number of phenolic OH excluding ortho intramolecular Hbond substituents is 1. The van der Waals surface area contributed by atoms with Crippen LogP contribution in [-0.4, -0.2) is 84.3 Å². The maximum Gasteiger partial charge on any atom is 0.366 e. The molecule has 0 bridgehead atoms. The van der Waals surface area contributed by atoms with Gasteiger partial charge in [-0.3, -0.25) is 9.69 Å². The molecule has 0 unspecified atom stereocenters. The molecule has 0 spiro atoms. The van der Waals surface area contributed by atoms with Crippen molar-refractivity contribution in [3.63, 3.8) is 0 Å². The maximum absolute atomic E-state index is 13.5. The number of amides is 1. The molecule has 6 rings (SSSR count). The predicted octanol–water partition coefficient (Wildman–Crippen LogP) is 2.70. The van der Waals surface area contributed by atoms with E-state index in [1.165, 1.54) is 13.1 Å². The summed E-state index contributed by atoms with van der Waals surface area (Å²) >= 11 is 0. The largest absolute Gasteiger partial charge is 0.508 e. The minimum absolute atomic E-state index is 0.0689. The van der Waals surface area contributed by atoms with Crippen LogP contribution in [0, 0.1) is 0 Å². The van der Waals surface area contributed by atoms with E-state index in [4.69, 9.17) is 14.0 Å². The van der Waals surface area contributed by atoms with Gasteiger partial charge in [-0.15, -0.1) is 5.10 Å². The lowest BCUT2D eigenvalue weighted by atomic mass is 9.94. The van der Waals surface area contributed by atoms with E-state index in [1.54, 1.807) is 13.0 Å². The van der Waals surface area contributed by atoms with Gasteiger partial charge in [0.1, 0.15) is 17.8 Å². The summed E-state index contributed by atoms with van der Waals surface area (Å²) in [7, 11) is 1.42. The molecule has 250 valence electrons. The van der Waals surface area contributed by atoms with Crippen LogP contribution in [0.2, 0.25) is 0 Å². The first kappa shape index (κ1) is 32.5. The Morgan fingerprint density at radius 1 is 1.08 bits per heavy atom. The first-order valence-electron chi connectivity index (χ1n) is 15.7. The van der Waals surface area contributed by atoms with Crippen LogP contribution in [0.1, 0.15) is 69.9 Å². The van der Waals surface area contributed by atoms with Gasteiger partial charge in [-0.25, -0.2) is 19.0 Å². The zero-order valence-corrected chi connectivity index (χ0v) is 27.1. The highest BCUT2D eigenvalue weighted by molar-refractivity contribution is 5.97. The summed E-state index contributed by atoms with van der Waals surface area (Å²) in [6.45, 7) is 9.98. The number of nitrogens with one attached hydrogen (secondary N) is 1. The number of fused-ring (bicyclic) bond motifs is 1. The number of aromatic hydroxyl groups is 1. The van der Waals surface area contributed by atoms with Gasteiger partial charge in [0.05, 0.1) is 18.8 Å². The lowest BCUT2D eigenvalue weighted by Gasteiger charge is -2.26. The second-order valence-corrected chi connectivity index (χ2v) is 11.8. The molecule has 1 amide bonds. The molecule has 4 heterocycles. The zero-order chi connectivity index (χ0) is 33.9. The number of imidazole rings is 1. The summed E-state index contributed by atoms with van der Waals surface area (Å²) in [6.07, 6.45) is 1.43. The number of rotatable bonds is 10. The number of carbonyl (C=O) groups excluding carboxylic acids is 2. The Bertz CT molecular complexity index is 2020. The number of hydrogen-bond acceptors (Lipinski definition) is 12. The fourth-order valence-electron chi connectivity index (χ4n) is 5.58. The topological polar surface area (TPSA) is 179 Å². The lowest BCUT2D eigenvalue weighted by Crippen LogP contribution is -2.35. The number of phenols is 1.